The molecule has 1 fully saturated rings. The first kappa shape index (κ1) is 18.5. The zero-order chi connectivity index (χ0) is 15.1. The summed E-state index contributed by atoms with van der Waals surface area (Å²) >= 11 is 0. The lowest BCUT2D eigenvalue weighted by atomic mass is 9.82. The van der Waals surface area contributed by atoms with Crippen molar-refractivity contribution in [2.45, 2.75) is 37.6 Å². The molecule has 1 aromatic carbocycles. The van der Waals surface area contributed by atoms with Crippen molar-refractivity contribution in [3.05, 3.63) is 35.9 Å². The third-order valence-electron chi connectivity index (χ3n) is 3.93. The van der Waals surface area contributed by atoms with Gasteiger partial charge >= 0.3 is 0 Å². The normalized spacial score (nSPS) is 16.2. The van der Waals surface area contributed by atoms with Gasteiger partial charge in [-0.2, -0.15) is 0 Å². The summed E-state index contributed by atoms with van der Waals surface area (Å²) in [6, 6.07) is 8.84. The molecular weight excluding hydrogens is 302 g/mol. The maximum Gasteiger partial charge on any atom is 0.251 e. The molecule has 0 aliphatic heterocycles. The van der Waals surface area contributed by atoms with Crippen molar-refractivity contribution >= 4 is 24.2 Å². The van der Waals surface area contributed by atoms with Crippen molar-refractivity contribution in [2.75, 3.05) is 13.1 Å². The Morgan fingerprint density at radius 3 is 2.32 bits per heavy atom. The number of benzene rings is 1. The predicted molar refractivity (Wildman–Crippen MR) is 89.0 cm³/mol. The van der Waals surface area contributed by atoms with Gasteiger partial charge in [0, 0.05) is 17.6 Å². The molecule has 0 aromatic heterocycles. The topological polar surface area (TPSA) is 84.2 Å². The molecule has 1 aromatic rings. The van der Waals surface area contributed by atoms with E-state index in [1.54, 1.807) is 24.3 Å². The summed E-state index contributed by atoms with van der Waals surface area (Å²) in [4.78, 5) is 23.6. The van der Waals surface area contributed by atoms with Crippen LogP contribution in [0.2, 0.25) is 0 Å². The van der Waals surface area contributed by atoms with E-state index in [1.165, 1.54) is 6.42 Å². The van der Waals surface area contributed by atoms with Crippen molar-refractivity contribution in [2.24, 2.45) is 5.73 Å². The van der Waals surface area contributed by atoms with Crippen LogP contribution in [0, 0.1) is 0 Å². The number of amides is 2. The van der Waals surface area contributed by atoms with Crippen molar-refractivity contribution < 1.29 is 9.59 Å². The van der Waals surface area contributed by atoms with E-state index in [-0.39, 0.29) is 36.3 Å². The van der Waals surface area contributed by atoms with E-state index >= 15 is 0 Å². The highest BCUT2D eigenvalue weighted by Gasteiger charge is 2.27. The molecule has 1 aliphatic rings. The van der Waals surface area contributed by atoms with Gasteiger partial charge in [0.1, 0.15) is 0 Å². The zero-order valence-corrected chi connectivity index (χ0v) is 13.5. The molecule has 1 saturated carbocycles. The highest BCUT2D eigenvalue weighted by molar-refractivity contribution is 5.96. The molecule has 1 aliphatic carbocycles. The second kappa shape index (κ2) is 8.76. The number of halogens is 1. The van der Waals surface area contributed by atoms with E-state index in [2.05, 4.69) is 10.6 Å². The summed E-state index contributed by atoms with van der Waals surface area (Å²) in [5, 5.41) is 5.43. The van der Waals surface area contributed by atoms with Crippen molar-refractivity contribution in [1.82, 2.24) is 10.6 Å². The fourth-order valence-electron chi connectivity index (χ4n) is 2.62. The van der Waals surface area contributed by atoms with Crippen molar-refractivity contribution in [3.8, 4) is 0 Å². The average Bonchev–Trinajstić information content (AvgIpc) is 2.52. The van der Waals surface area contributed by atoms with Gasteiger partial charge in [0.15, 0.2) is 0 Å². The van der Waals surface area contributed by atoms with E-state index in [0.717, 1.165) is 25.7 Å². The summed E-state index contributed by atoms with van der Waals surface area (Å²) in [6.07, 6.45) is 5.36. The monoisotopic (exact) mass is 325 g/mol. The summed E-state index contributed by atoms with van der Waals surface area (Å²) in [5.41, 5.74) is 6.52. The van der Waals surface area contributed by atoms with Crippen LogP contribution in [0.4, 0.5) is 0 Å². The van der Waals surface area contributed by atoms with Gasteiger partial charge in [-0.25, -0.2) is 0 Å². The molecule has 22 heavy (non-hydrogen) atoms. The molecule has 0 unspecified atom stereocenters. The molecule has 0 saturated heterocycles. The van der Waals surface area contributed by atoms with Crippen LogP contribution in [0.5, 0.6) is 0 Å². The molecule has 0 heterocycles. The molecule has 4 N–H and O–H groups in total. The van der Waals surface area contributed by atoms with Crippen LogP contribution in [0.3, 0.4) is 0 Å². The maximum absolute atomic E-state index is 11.8. The Kier molecular flexibility index (Phi) is 7.35. The summed E-state index contributed by atoms with van der Waals surface area (Å²) in [6.45, 7) is 0.455. The van der Waals surface area contributed by atoms with E-state index in [9.17, 15) is 9.59 Å². The zero-order valence-electron chi connectivity index (χ0n) is 12.6. The minimum atomic E-state index is -0.280. The highest BCUT2D eigenvalue weighted by Crippen LogP contribution is 2.24. The first-order valence-electron chi connectivity index (χ1n) is 7.48. The SMILES string of the molecule is Cl.NC1(CNC(=O)CNC(=O)c2ccccc2)CCCCC1. The Balaban J connectivity index is 0.00000242. The number of carbonyl (C=O) groups is 2. The Hall–Kier alpha value is -1.59. The Morgan fingerprint density at radius 1 is 1.05 bits per heavy atom. The maximum atomic E-state index is 11.8. The number of hydrogen-bond acceptors (Lipinski definition) is 3. The van der Waals surface area contributed by atoms with Gasteiger partial charge in [-0.05, 0) is 25.0 Å². The number of carbonyl (C=O) groups excluding carboxylic acids is 2. The molecule has 0 atom stereocenters. The lowest BCUT2D eigenvalue weighted by Gasteiger charge is -2.33. The lowest BCUT2D eigenvalue weighted by Crippen LogP contribution is -2.52. The number of hydrogen-bond donors (Lipinski definition) is 3. The standard InChI is InChI=1S/C16H23N3O2.ClH/c17-16(9-5-2-6-10-16)12-19-14(20)11-18-15(21)13-7-3-1-4-8-13;/h1,3-4,7-8H,2,5-6,9-12,17H2,(H,18,21)(H,19,20);1H. The van der Waals surface area contributed by atoms with Gasteiger partial charge in [0.25, 0.3) is 5.91 Å². The first-order chi connectivity index (χ1) is 10.1. The molecule has 2 amide bonds. The minimum absolute atomic E-state index is 0. The van der Waals surface area contributed by atoms with Gasteiger partial charge in [0.2, 0.25) is 5.91 Å². The Bertz CT molecular complexity index is 487. The molecule has 0 spiro atoms. The van der Waals surface area contributed by atoms with Crippen LogP contribution < -0.4 is 16.4 Å². The van der Waals surface area contributed by atoms with Crippen LogP contribution in [0.15, 0.2) is 30.3 Å². The van der Waals surface area contributed by atoms with Crippen LogP contribution in [0.25, 0.3) is 0 Å². The van der Waals surface area contributed by atoms with Gasteiger partial charge in [-0.15, -0.1) is 12.4 Å². The fourth-order valence-corrected chi connectivity index (χ4v) is 2.62. The predicted octanol–water partition coefficient (Wildman–Crippen LogP) is 1.62. The van der Waals surface area contributed by atoms with Crippen LogP contribution in [-0.4, -0.2) is 30.4 Å². The molecule has 5 nitrogen and oxygen atoms in total. The number of rotatable bonds is 5. The highest BCUT2D eigenvalue weighted by atomic mass is 35.5. The van der Waals surface area contributed by atoms with E-state index in [1.807, 2.05) is 6.07 Å². The number of nitrogens with two attached hydrogens (primary N) is 1. The minimum Gasteiger partial charge on any atom is -0.353 e. The second-order valence-electron chi connectivity index (χ2n) is 5.75. The molecular formula is C16H24ClN3O2. The first-order valence-corrected chi connectivity index (χ1v) is 7.48. The quantitative estimate of drug-likeness (QED) is 0.769. The lowest BCUT2D eigenvalue weighted by molar-refractivity contribution is -0.120. The third kappa shape index (κ3) is 5.66. The van der Waals surface area contributed by atoms with Crippen molar-refractivity contribution in [1.29, 1.82) is 0 Å². The Labute approximate surface area is 137 Å². The van der Waals surface area contributed by atoms with E-state index in [0.29, 0.717) is 12.1 Å². The van der Waals surface area contributed by atoms with Crippen LogP contribution in [0.1, 0.15) is 42.5 Å². The van der Waals surface area contributed by atoms with Crippen LogP contribution in [-0.2, 0) is 4.79 Å². The fraction of sp³-hybridized carbons (Fsp3) is 0.500. The van der Waals surface area contributed by atoms with Gasteiger partial charge < -0.3 is 16.4 Å². The third-order valence-corrected chi connectivity index (χ3v) is 3.93. The van der Waals surface area contributed by atoms with E-state index < -0.39 is 0 Å². The number of nitrogens with one attached hydrogen (secondary N) is 2. The summed E-state index contributed by atoms with van der Waals surface area (Å²) in [5.74, 6) is -0.444. The van der Waals surface area contributed by atoms with Gasteiger partial charge in [-0.1, -0.05) is 37.5 Å². The summed E-state index contributed by atoms with van der Waals surface area (Å²) in [7, 11) is 0. The van der Waals surface area contributed by atoms with E-state index in [4.69, 9.17) is 5.73 Å². The molecule has 6 heteroatoms. The molecule has 0 radical (unpaired) electrons. The van der Waals surface area contributed by atoms with Crippen LogP contribution >= 0.6 is 12.4 Å². The molecule has 2 rings (SSSR count). The Morgan fingerprint density at radius 2 is 1.68 bits per heavy atom. The smallest absolute Gasteiger partial charge is 0.251 e. The summed E-state index contributed by atoms with van der Waals surface area (Å²) < 4.78 is 0. The van der Waals surface area contributed by atoms with Gasteiger partial charge in [-0.3, -0.25) is 9.59 Å². The van der Waals surface area contributed by atoms with Crippen molar-refractivity contribution in [3.63, 3.8) is 0 Å². The largest absolute Gasteiger partial charge is 0.353 e. The molecule has 0 bridgehead atoms. The molecule has 122 valence electrons. The van der Waals surface area contributed by atoms with Gasteiger partial charge in [0.05, 0.1) is 6.54 Å². The average molecular weight is 326 g/mol. The second-order valence-corrected chi connectivity index (χ2v) is 5.75.